The second-order valence-electron chi connectivity index (χ2n) is 7.49. The number of nitrogens with one attached hydrogen (secondary N) is 2. The Bertz CT molecular complexity index is 607. The predicted molar refractivity (Wildman–Crippen MR) is 101 cm³/mol. The summed E-state index contributed by atoms with van der Waals surface area (Å²) < 4.78 is 0. The van der Waals surface area contributed by atoms with Crippen LogP contribution in [0, 0.1) is 5.92 Å². The Morgan fingerprint density at radius 3 is 2.42 bits per heavy atom. The highest BCUT2D eigenvalue weighted by Crippen LogP contribution is 2.19. The van der Waals surface area contributed by atoms with E-state index in [1.807, 2.05) is 13.0 Å². The second-order valence-corrected chi connectivity index (χ2v) is 7.49. The van der Waals surface area contributed by atoms with E-state index in [-0.39, 0.29) is 29.8 Å². The van der Waals surface area contributed by atoms with Gasteiger partial charge in [0.05, 0.1) is 12.0 Å². The molecule has 142 valence electrons. The Morgan fingerprint density at radius 1 is 1.15 bits per heavy atom. The van der Waals surface area contributed by atoms with Crippen LogP contribution in [0.4, 0.5) is 0 Å². The fourth-order valence-electron chi connectivity index (χ4n) is 3.76. The van der Waals surface area contributed by atoms with E-state index in [4.69, 9.17) is 0 Å². The van der Waals surface area contributed by atoms with Gasteiger partial charge in [-0.25, -0.2) is 0 Å². The molecule has 3 rings (SSSR count). The van der Waals surface area contributed by atoms with Crippen molar-refractivity contribution < 1.29 is 9.59 Å². The van der Waals surface area contributed by atoms with Gasteiger partial charge in [0.2, 0.25) is 11.8 Å². The molecule has 1 aromatic carbocycles. The van der Waals surface area contributed by atoms with Crippen LogP contribution >= 0.6 is 0 Å². The summed E-state index contributed by atoms with van der Waals surface area (Å²) in [5, 5.41) is 5.87. The molecule has 2 N–H and O–H groups in total. The molecule has 6 nitrogen and oxygen atoms in total. The first kappa shape index (κ1) is 18.9. The number of hydrogen-bond donors (Lipinski definition) is 2. The lowest BCUT2D eigenvalue weighted by atomic mass is 9.96. The fraction of sp³-hybridized carbons (Fsp3) is 0.600. The van der Waals surface area contributed by atoms with Gasteiger partial charge in [-0.2, -0.15) is 0 Å². The molecule has 0 saturated carbocycles. The quantitative estimate of drug-likeness (QED) is 0.791. The van der Waals surface area contributed by atoms with Crippen LogP contribution in [0.2, 0.25) is 0 Å². The summed E-state index contributed by atoms with van der Waals surface area (Å²) in [7, 11) is 1.66. The van der Waals surface area contributed by atoms with E-state index in [9.17, 15) is 9.59 Å². The van der Waals surface area contributed by atoms with Crippen molar-refractivity contribution in [1.29, 1.82) is 0 Å². The number of nitrogens with zero attached hydrogens (tertiary/aromatic N) is 2. The van der Waals surface area contributed by atoms with Crippen LogP contribution in [-0.4, -0.2) is 66.9 Å². The van der Waals surface area contributed by atoms with E-state index in [0.29, 0.717) is 13.1 Å². The van der Waals surface area contributed by atoms with Crippen LogP contribution in [-0.2, 0) is 16.1 Å². The zero-order chi connectivity index (χ0) is 18.5. The molecule has 2 saturated heterocycles. The number of hydrogen-bond acceptors (Lipinski definition) is 4. The molecule has 2 aliphatic rings. The van der Waals surface area contributed by atoms with E-state index in [1.54, 1.807) is 7.05 Å². The average molecular weight is 358 g/mol. The topological polar surface area (TPSA) is 64.7 Å². The molecule has 2 heterocycles. The van der Waals surface area contributed by atoms with E-state index in [2.05, 4.69) is 44.7 Å². The summed E-state index contributed by atoms with van der Waals surface area (Å²) in [6, 6.07) is 10.6. The first-order valence-corrected chi connectivity index (χ1v) is 9.59. The molecule has 0 unspecified atom stereocenters. The van der Waals surface area contributed by atoms with Crippen molar-refractivity contribution in [2.75, 3.05) is 33.2 Å². The first-order valence-electron chi connectivity index (χ1n) is 9.59. The van der Waals surface area contributed by atoms with Gasteiger partial charge in [-0.3, -0.25) is 19.4 Å². The van der Waals surface area contributed by atoms with Crippen LogP contribution in [0.5, 0.6) is 0 Å². The maximum absolute atomic E-state index is 12.5. The number of carbonyl (C=O) groups excluding carboxylic acids is 2. The highest BCUT2D eigenvalue weighted by atomic mass is 16.2. The van der Waals surface area contributed by atoms with Crippen LogP contribution < -0.4 is 10.6 Å². The molecule has 1 atom stereocenters. The average Bonchev–Trinajstić information content (AvgIpc) is 2.62. The lowest BCUT2D eigenvalue weighted by Crippen LogP contribution is -2.60. The first-order chi connectivity index (χ1) is 12.6. The molecule has 26 heavy (non-hydrogen) atoms. The highest BCUT2D eigenvalue weighted by Gasteiger charge is 2.37. The molecule has 2 aliphatic heterocycles. The summed E-state index contributed by atoms with van der Waals surface area (Å²) >= 11 is 0. The van der Waals surface area contributed by atoms with E-state index >= 15 is 0 Å². The number of benzene rings is 1. The number of rotatable bonds is 6. The van der Waals surface area contributed by atoms with Crippen molar-refractivity contribution in [3.63, 3.8) is 0 Å². The maximum atomic E-state index is 12.5. The third-order valence-electron chi connectivity index (χ3n) is 5.64. The zero-order valence-electron chi connectivity index (χ0n) is 15.8. The molecule has 0 aliphatic carbocycles. The SMILES string of the molecule is CNC(=O)C1CN([C@H](C)C(=O)NC2CCN(Cc3ccccc3)CC2)C1. The smallest absolute Gasteiger partial charge is 0.237 e. The van der Waals surface area contributed by atoms with Gasteiger partial charge in [-0.1, -0.05) is 30.3 Å². The summed E-state index contributed by atoms with van der Waals surface area (Å²) in [5.41, 5.74) is 1.34. The predicted octanol–water partition coefficient (Wildman–Crippen LogP) is 0.834. The third-order valence-corrected chi connectivity index (χ3v) is 5.64. The van der Waals surface area contributed by atoms with Gasteiger partial charge in [-0.05, 0) is 25.3 Å². The van der Waals surface area contributed by atoms with Crippen molar-refractivity contribution in [2.24, 2.45) is 5.92 Å². The Hall–Kier alpha value is -1.92. The van der Waals surface area contributed by atoms with Gasteiger partial charge in [0.15, 0.2) is 0 Å². The summed E-state index contributed by atoms with van der Waals surface area (Å²) in [6.07, 6.45) is 1.98. The van der Waals surface area contributed by atoms with Gasteiger partial charge in [-0.15, -0.1) is 0 Å². The highest BCUT2D eigenvalue weighted by molar-refractivity contribution is 5.83. The second kappa shape index (κ2) is 8.64. The van der Waals surface area contributed by atoms with Crippen LogP contribution in [0.15, 0.2) is 30.3 Å². The van der Waals surface area contributed by atoms with Gasteiger partial charge >= 0.3 is 0 Å². The Morgan fingerprint density at radius 2 is 1.81 bits per heavy atom. The number of likely N-dealkylation sites (tertiary alicyclic amines) is 2. The maximum Gasteiger partial charge on any atom is 0.237 e. The Labute approximate surface area is 155 Å². The standard InChI is InChI=1S/C20H30N4O2/c1-15(24-13-17(14-24)20(26)21-2)19(25)22-18-8-10-23(11-9-18)12-16-6-4-3-5-7-16/h3-7,15,17-18H,8-14H2,1-2H3,(H,21,26)(H,22,25)/t15-/m1/s1. The van der Waals surface area contributed by atoms with E-state index < -0.39 is 0 Å². The number of amides is 2. The summed E-state index contributed by atoms with van der Waals surface area (Å²) in [6.45, 7) is 6.27. The summed E-state index contributed by atoms with van der Waals surface area (Å²) in [4.78, 5) is 28.6. The van der Waals surface area contributed by atoms with Crippen molar-refractivity contribution in [3.8, 4) is 0 Å². The van der Waals surface area contributed by atoms with Crippen molar-refractivity contribution in [2.45, 2.75) is 38.4 Å². The van der Waals surface area contributed by atoms with E-state index in [1.165, 1.54) is 5.56 Å². The van der Waals surface area contributed by atoms with Gasteiger partial charge in [0.25, 0.3) is 0 Å². The van der Waals surface area contributed by atoms with Crippen LogP contribution in [0.25, 0.3) is 0 Å². The molecule has 0 aromatic heterocycles. The minimum Gasteiger partial charge on any atom is -0.359 e. The molecule has 1 aromatic rings. The number of piperidine rings is 1. The van der Waals surface area contributed by atoms with Gasteiger partial charge in [0, 0.05) is 45.8 Å². The largest absolute Gasteiger partial charge is 0.359 e. The third kappa shape index (κ3) is 4.62. The fourth-order valence-corrected chi connectivity index (χ4v) is 3.76. The lowest BCUT2D eigenvalue weighted by molar-refractivity contribution is -0.137. The van der Waals surface area contributed by atoms with Crippen LogP contribution in [0.1, 0.15) is 25.3 Å². The van der Waals surface area contributed by atoms with Gasteiger partial charge in [0.1, 0.15) is 0 Å². The number of carbonyl (C=O) groups is 2. The minimum absolute atomic E-state index is 0.0245. The molecule has 0 radical (unpaired) electrons. The van der Waals surface area contributed by atoms with E-state index in [0.717, 1.165) is 32.5 Å². The minimum atomic E-state index is -0.168. The Balaban J connectivity index is 1.37. The summed E-state index contributed by atoms with van der Waals surface area (Å²) in [5.74, 6) is 0.179. The molecule has 0 bridgehead atoms. The normalized spacial score (nSPS) is 21.0. The monoisotopic (exact) mass is 358 g/mol. The Kier molecular flexibility index (Phi) is 6.27. The van der Waals surface area contributed by atoms with Crippen molar-refractivity contribution in [3.05, 3.63) is 35.9 Å². The molecule has 2 amide bonds. The van der Waals surface area contributed by atoms with Gasteiger partial charge < -0.3 is 10.6 Å². The molecular weight excluding hydrogens is 328 g/mol. The lowest BCUT2D eigenvalue weighted by Gasteiger charge is -2.42. The van der Waals surface area contributed by atoms with Crippen molar-refractivity contribution in [1.82, 2.24) is 20.4 Å². The molecule has 0 spiro atoms. The molecule has 2 fully saturated rings. The zero-order valence-corrected chi connectivity index (χ0v) is 15.8. The van der Waals surface area contributed by atoms with Crippen molar-refractivity contribution >= 4 is 11.8 Å². The van der Waals surface area contributed by atoms with Crippen LogP contribution in [0.3, 0.4) is 0 Å². The molecule has 6 heteroatoms. The molecular formula is C20H30N4O2.